The lowest BCUT2D eigenvalue weighted by molar-refractivity contribution is -0.169. The first-order valence-electron chi connectivity index (χ1n) is 12.5. The molecule has 1 unspecified atom stereocenters. The molecular formula is C27H36N2O6. The van der Waals surface area contributed by atoms with E-state index in [2.05, 4.69) is 37.9 Å². The maximum Gasteiger partial charge on any atom is 0.409 e. The number of carbonyl (C=O) groups is 2. The molecule has 190 valence electrons. The summed E-state index contributed by atoms with van der Waals surface area (Å²) in [6, 6.07) is 8.22. The zero-order chi connectivity index (χ0) is 25.2. The molecular weight excluding hydrogens is 448 g/mol. The number of oxazole rings is 1. The fourth-order valence-electron chi connectivity index (χ4n) is 5.08. The number of aliphatic carboxylic acids is 1. The second kappa shape index (κ2) is 10.0. The molecule has 0 saturated carbocycles. The predicted molar refractivity (Wildman–Crippen MR) is 130 cm³/mol. The third-order valence-electron chi connectivity index (χ3n) is 7.28. The summed E-state index contributed by atoms with van der Waals surface area (Å²) in [5.41, 5.74) is 1.92. The predicted octanol–water partition coefficient (Wildman–Crippen LogP) is 4.97. The van der Waals surface area contributed by atoms with Gasteiger partial charge in [0.25, 0.3) is 0 Å². The highest BCUT2D eigenvalue weighted by Gasteiger charge is 2.50. The van der Waals surface area contributed by atoms with Gasteiger partial charge in [0.1, 0.15) is 5.76 Å². The van der Waals surface area contributed by atoms with Crippen molar-refractivity contribution in [1.82, 2.24) is 9.88 Å². The summed E-state index contributed by atoms with van der Waals surface area (Å²) in [5, 5.41) is 9.71. The number of hydrogen-bond donors (Lipinski definition) is 1. The minimum atomic E-state index is -1.09. The first-order valence-corrected chi connectivity index (χ1v) is 12.5. The molecule has 2 saturated heterocycles. The monoisotopic (exact) mass is 484 g/mol. The molecule has 0 bridgehead atoms. The highest BCUT2D eigenvalue weighted by Crippen LogP contribution is 2.39. The van der Waals surface area contributed by atoms with Crippen molar-refractivity contribution in [2.75, 3.05) is 26.3 Å². The Kier molecular flexibility index (Phi) is 7.22. The molecule has 35 heavy (non-hydrogen) atoms. The van der Waals surface area contributed by atoms with Crippen LogP contribution in [-0.4, -0.2) is 59.0 Å². The number of likely N-dealkylation sites (tertiary alicyclic amines) is 1. The summed E-state index contributed by atoms with van der Waals surface area (Å²) in [4.78, 5) is 30.7. The van der Waals surface area contributed by atoms with Crippen LogP contribution in [0.3, 0.4) is 0 Å². The quantitative estimate of drug-likeness (QED) is 0.617. The van der Waals surface area contributed by atoms with Crippen LogP contribution in [0.25, 0.3) is 11.5 Å². The van der Waals surface area contributed by atoms with E-state index in [0.717, 1.165) is 17.7 Å². The molecule has 8 heteroatoms. The number of piperidine rings is 1. The van der Waals surface area contributed by atoms with E-state index in [4.69, 9.17) is 13.9 Å². The van der Waals surface area contributed by atoms with Gasteiger partial charge in [0.15, 0.2) is 5.60 Å². The number of aryl methyl sites for hydroxylation is 1. The van der Waals surface area contributed by atoms with Crippen molar-refractivity contribution in [2.24, 2.45) is 5.92 Å². The van der Waals surface area contributed by atoms with Crippen LogP contribution in [0, 0.1) is 12.8 Å². The fourth-order valence-corrected chi connectivity index (χ4v) is 5.08. The van der Waals surface area contributed by atoms with Crippen LogP contribution in [0.15, 0.2) is 28.7 Å². The van der Waals surface area contributed by atoms with Crippen molar-refractivity contribution in [3.63, 3.8) is 0 Å². The molecule has 1 N–H and O–H groups in total. The van der Waals surface area contributed by atoms with Crippen molar-refractivity contribution < 1.29 is 28.6 Å². The number of hydrogen-bond acceptors (Lipinski definition) is 6. The Morgan fingerprint density at radius 1 is 1.20 bits per heavy atom. The molecule has 0 aliphatic carbocycles. The number of carbonyl (C=O) groups excluding carboxylic acids is 1. The number of nitrogens with zero attached hydrogens (tertiary/aromatic N) is 2. The van der Waals surface area contributed by atoms with Gasteiger partial charge < -0.3 is 23.9 Å². The average Bonchev–Trinajstić information content (AvgIpc) is 3.47. The van der Waals surface area contributed by atoms with Crippen LogP contribution < -0.4 is 0 Å². The molecule has 0 radical (unpaired) electrons. The van der Waals surface area contributed by atoms with Gasteiger partial charge in [0.2, 0.25) is 5.89 Å². The molecule has 3 heterocycles. The largest absolute Gasteiger partial charge is 0.479 e. The Hall–Kier alpha value is -2.87. The molecule has 0 spiro atoms. The third kappa shape index (κ3) is 5.37. The lowest BCUT2D eigenvalue weighted by Gasteiger charge is -2.38. The highest BCUT2D eigenvalue weighted by molar-refractivity contribution is 5.78. The zero-order valence-corrected chi connectivity index (χ0v) is 21.1. The summed E-state index contributed by atoms with van der Waals surface area (Å²) >= 11 is 0. The van der Waals surface area contributed by atoms with E-state index >= 15 is 0 Å². The number of ether oxygens (including phenoxy) is 2. The number of amides is 1. The molecule has 4 rings (SSSR count). The van der Waals surface area contributed by atoms with Crippen LogP contribution in [0.2, 0.25) is 0 Å². The summed E-state index contributed by atoms with van der Waals surface area (Å²) < 4.78 is 17.0. The number of rotatable bonds is 6. The van der Waals surface area contributed by atoms with Crippen LogP contribution in [0.1, 0.15) is 63.5 Å². The number of benzene rings is 1. The molecule has 8 nitrogen and oxygen atoms in total. The third-order valence-corrected chi connectivity index (χ3v) is 7.28. The summed E-state index contributed by atoms with van der Waals surface area (Å²) in [6.07, 6.45) is 2.59. The van der Waals surface area contributed by atoms with Gasteiger partial charge in [-0.2, -0.15) is 0 Å². The normalized spacial score (nSPS) is 21.3. The van der Waals surface area contributed by atoms with Crippen LogP contribution in [0.4, 0.5) is 4.79 Å². The van der Waals surface area contributed by atoms with E-state index in [1.165, 1.54) is 5.56 Å². The van der Waals surface area contributed by atoms with Crippen molar-refractivity contribution in [3.05, 3.63) is 41.3 Å². The van der Waals surface area contributed by atoms with Gasteiger partial charge in [-0.1, -0.05) is 32.9 Å². The summed E-state index contributed by atoms with van der Waals surface area (Å²) in [5.74, 6) is 0.309. The first kappa shape index (κ1) is 25.2. The summed E-state index contributed by atoms with van der Waals surface area (Å²) in [7, 11) is 0. The number of aromatic nitrogens is 1. The smallest absolute Gasteiger partial charge is 0.409 e. The topological polar surface area (TPSA) is 102 Å². The summed E-state index contributed by atoms with van der Waals surface area (Å²) in [6.45, 7) is 10.0. The van der Waals surface area contributed by atoms with E-state index in [9.17, 15) is 14.7 Å². The molecule has 1 aromatic heterocycles. The Morgan fingerprint density at radius 2 is 1.89 bits per heavy atom. The van der Waals surface area contributed by atoms with E-state index < -0.39 is 11.6 Å². The van der Waals surface area contributed by atoms with Crippen LogP contribution >= 0.6 is 0 Å². The zero-order valence-electron chi connectivity index (χ0n) is 21.1. The fraction of sp³-hybridized carbons (Fsp3) is 0.593. The Morgan fingerprint density at radius 3 is 2.46 bits per heavy atom. The van der Waals surface area contributed by atoms with Gasteiger partial charge in [0.05, 0.1) is 12.3 Å². The second-order valence-electron chi connectivity index (χ2n) is 10.6. The van der Waals surface area contributed by atoms with Crippen molar-refractivity contribution >= 4 is 12.1 Å². The molecule has 1 atom stereocenters. The number of carboxylic acid groups (broad SMARTS) is 1. The van der Waals surface area contributed by atoms with Crippen LogP contribution in [0.5, 0.6) is 0 Å². The first-order chi connectivity index (χ1) is 16.6. The van der Waals surface area contributed by atoms with Gasteiger partial charge in [-0.05, 0) is 55.7 Å². The average molecular weight is 485 g/mol. The molecule has 2 aliphatic heterocycles. The minimum Gasteiger partial charge on any atom is -0.479 e. The van der Waals surface area contributed by atoms with E-state index in [0.29, 0.717) is 57.0 Å². The number of carboxylic acids is 1. The van der Waals surface area contributed by atoms with Gasteiger partial charge in [-0.3, -0.25) is 0 Å². The van der Waals surface area contributed by atoms with E-state index in [1.54, 1.807) is 4.90 Å². The Bertz CT molecular complexity index is 1040. The van der Waals surface area contributed by atoms with Gasteiger partial charge in [0, 0.05) is 37.6 Å². The maximum absolute atomic E-state index is 12.6. The second-order valence-corrected chi connectivity index (χ2v) is 10.6. The van der Waals surface area contributed by atoms with E-state index in [-0.39, 0.29) is 24.0 Å². The van der Waals surface area contributed by atoms with Gasteiger partial charge in [-0.25, -0.2) is 14.6 Å². The molecule has 1 amide bonds. The van der Waals surface area contributed by atoms with Crippen molar-refractivity contribution in [2.45, 2.75) is 70.8 Å². The lowest BCUT2D eigenvalue weighted by Crippen LogP contribution is -2.51. The molecule has 2 fully saturated rings. The van der Waals surface area contributed by atoms with Crippen LogP contribution in [-0.2, 0) is 26.1 Å². The van der Waals surface area contributed by atoms with Gasteiger partial charge in [-0.15, -0.1) is 0 Å². The van der Waals surface area contributed by atoms with E-state index in [1.807, 2.05) is 19.1 Å². The lowest BCUT2D eigenvalue weighted by atomic mass is 9.78. The minimum absolute atomic E-state index is 0.0807. The Labute approximate surface area is 206 Å². The maximum atomic E-state index is 12.6. The van der Waals surface area contributed by atoms with Gasteiger partial charge >= 0.3 is 12.1 Å². The molecule has 2 aromatic rings. The standard InChI is InChI=1S/C27H36N2O6/c1-18-22(28-23(35-18)19-6-8-20(9-7-19)26(2,3)4)12-17-33-25(32)29-14-10-21(11-15-29)27(24(30)31)13-5-16-34-27/h6-9,21H,5,10-17H2,1-4H3,(H,30,31). The SMILES string of the molecule is Cc1oc(-c2ccc(C(C)(C)C)cc2)nc1CCOC(=O)N1CCC(C2(C(=O)O)CCCO2)CC1. The Balaban J connectivity index is 1.27. The van der Waals surface area contributed by atoms with Crippen molar-refractivity contribution in [1.29, 1.82) is 0 Å². The molecule has 1 aromatic carbocycles. The highest BCUT2D eigenvalue weighted by atomic mass is 16.6. The van der Waals surface area contributed by atoms with Crippen molar-refractivity contribution in [3.8, 4) is 11.5 Å². The molecule has 2 aliphatic rings.